The standard InChI is InChI=1S/C38H43N4O6P/c1-26-24-27(2)48-49(47-26)37-29(4)39-28(3)34(35(37)32-16-11-17-33(25-32)42(44)45)38(43)46-23-22-40-18-20-41(21-19-40)36(30-12-7-5-8-13-30)31-14-9-6-10-15-31/h5-17,25-27,36H,18-24H2,1-4H3/t26-,27-/m0/s1. The number of nitro groups is 1. The van der Waals surface area contributed by atoms with Crippen LogP contribution in [0.4, 0.5) is 5.69 Å². The third-order valence-corrected chi connectivity index (χ3v) is 11.1. The summed E-state index contributed by atoms with van der Waals surface area (Å²) >= 11 is 0. The van der Waals surface area contributed by atoms with Gasteiger partial charge in [-0.05, 0) is 44.4 Å². The van der Waals surface area contributed by atoms with E-state index >= 15 is 0 Å². The van der Waals surface area contributed by atoms with Crippen molar-refractivity contribution in [3.8, 4) is 11.1 Å². The van der Waals surface area contributed by atoms with E-state index in [1.165, 1.54) is 23.3 Å². The first-order valence-electron chi connectivity index (χ1n) is 16.8. The second-order valence-corrected chi connectivity index (χ2v) is 14.1. The maximum Gasteiger partial charge on any atom is 0.340 e. The summed E-state index contributed by atoms with van der Waals surface area (Å²) in [5.41, 5.74) is 4.93. The van der Waals surface area contributed by atoms with Gasteiger partial charge in [0, 0.05) is 56.8 Å². The lowest BCUT2D eigenvalue weighted by Gasteiger charge is -2.39. The van der Waals surface area contributed by atoms with E-state index in [0.717, 1.165) is 32.6 Å². The SMILES string of the molecule is Cc1nc(C)c(P2O[C@@H](C)C[C@H](C)O2)c(-c2cccc([N+](=O)[O-])c2)c1C(=O)OCCN1CCN(C(c2ccccc2)c2ccccc2)CC1. The van der Waals surface area contributed by atoms with Crippen LogP contribution in [0.2, 0.25) is 0 Å². The highest BCUT2D eigenvalue weighted by Gasteiger charge is 2.35. The van der Waals surface area contributed by atoms with Gasteiger partial charge in [-0.3, -0.25) is 24.9 Å². The van der Waals surface area contributed by atoms with Crippen molar-refractivity contribution in [3.63, 3.8) is 0 Å². The van der Waals surface area contributed by atoms with Crippen molar-refractivity contribution < 1.29 is 23.5 Å². The number of pyridine rings is 1. The largest absolute Gasteiger partial charge is 0.461 e. The fraction of sp³-hybridized carbons (Fsp3) is 0.368. The number of carbonyl (C=O) groups is 1. The number of rotatable bonds is 10. The molecule has 0 radical (unpaired) electrons. The predicted octanol–water partition coefficient (Wildman–Crippen LogP) is 6.99. The molecular weight excluding hydrogens is 639 g/mol. The molecule has 4 aromatic rings. The van der Waals surface area contributed by atoms with Gasteiger partial charge in [-0.15, -0.1) is 0 Å². The van der Waals surface area contributed by atoms with Crippen LogP contribution in [0.25, 0.3) is 11.1 Å². The Hall–Kier alpha value is -4.05. The van der Waals surface area contributed by atoms with Crippen LogP contribution in [0.5, 0.6) is 0 Å². The van der Waals surface area contributed by atoms with Gasteiger partial charge >= 0.3 is 5.97 Å². The molecule has 0 spiro atoms. The van der Waals surface area contributed by atoms with Crippen LogP contribution in [-0.4, -0.2) is 77.2 Å². The first kappa shape index (κ1) is 34.8. The number of non-ortho nitro benzene ring substituents is 1. The Labute approximate surface area is 289 Å². The Balaban J connectivity index is 1.19. The monoisotopic (exact) mass is 682 g/mol. The molecule has 0 bridgehead atoms. The normalized spacial score (nSPS) is 20.3. The van der Waals surface area contributed by atoms with Gasteiger partial charge in [0.05, 0.1) is 45.4 Å². The molecule has 2 saturated heterocycles. The fourth-order valence-corrected chi connectivity index (χ4v) is 8.67. The Morgan fingerprint density at radius 2 is 1.53 bits per heavy atom. The van der Waals surface area contributed by atoms with Gasteiger partial charge in [-0.1, -0.05) is 72.8 Å². The van der Waals surface area contributed by atoms with Gasteiger partial charge in [0.15, 0.2) is 0 Å². The highest BCUT2D eigenvalue weighted by molar-refractivity contribution is 7.56. The van der Waals surface area contributed by atoms with Crippen molar-refractivity contribution in [2.45, 2.75) is 52.4 Å². The summed E-state index contributed by atoms with van der Waals surface area (Å²) < 4.78 is 18.5. The summed E-state index contributed by atoms with van der Waals surface area (Å²) in [6, 6.07) is 27.7. The zero-order valence-corrected chi connectivity index (χ0v) is 29.3. The molecule has 49 heavy (non-hydrogen) atoms. The summed E-state index contributed by atoms with van der Waals surface area (Å²) in [7, 11) is -1.61. The van der Waals surface area contributed by atoms with Crippen LogP contribution in [0.15, 0.2) is 84.9 Å². The van der Waals surface area contributed by atoms with Crippen LogP contribution in [0.3, 0.4) is 0 Å². The number of aromatic nitrogens is 1. The van der Waals surface area contributed by atoms with Crippen LogP contribution in [-0.2, 0) is 13.8 Å². The molecule has 2 aliphatic heterocycles. The Kier molecular flexibility index (Phi) is 11.1. The summed E-state index contributed by atoms with van der Waals surface area (Å²) in [5, 5.41) is 12.4. The minimum atomic E-state index is -1.61. The third-order valence-electron chi connectivity index (χ3n) is 9.12. The van der Waals surface area contributed by atoms with Gasteiger partial charge in [0.2, 0.25) is 8.38 Å². The lowest BCUT2D eigenvalue weighted by Crippen LogP contribution is -2.48. The quantitative estimate of drug-likeness (QED) is 0.0757. The Morgan fingerprint density at radius 3 is 2.12 bits per heavy atom. The molecule has 10 nitrogen and oxygen atoms in total. The van der Waals surface area contributed by atoms with Gasteiger partial charge in [-0.2, -0.15) is 0 Å². The van der Waals surface area contributed by atoms with Gasteiger partial charge in [0.25, 0.3) is 5.69 Å². The molecule has 6 rings (SSSR count). The number of benzene rings is 3. The number of piperazine rings is 1. The van der Waals surface area contributed by atoms with E-state index < -0.39 is 19.3 Å². The molecule has 0 aliphatic carbocycles. The second kappa shape index (κ2) is 15.7. The van der Waals surface area contributed by atoms with E-state index in [1.807, 2.05) is 32.9 Å². The van der Waals surface area contributed by atoms with Crippen LogP contribution < -0.4 is 5.30 Å². The topological polar surface area (TPSA) is 107 Å². The molecule has 2 aliphatic rings. The van der Waals surface area contributed by atoms with Crippen molar-refractivity contribution in [2.24, 2.45) is 0 Å². The summed E-state index contributed by atoms with van der Waals surface area (Å²) in [6.45, 7) is 11.9. The second-order valence-electron chi connectivity index (χ2n) is 12.8. The average molecular weight is 683 g/mol. The zero-order chi connectivity index (χ0) is 34.5. The number of nitro benzene ring substituents is 1. The van der Waals surface area contributed by atoms with E-state index in [9.17, 15) is 14.9 Å². The van der Waals surface area contributed by atoms with E-state index in [4.69, 9.17) is 18.8 Å². The molecule has 256 valence electrons. The van der Waals surface area contributed by atoms with Gasteiger partial charge in [-0.25, -0.2) is 4.79 Å². The molecule has 1 aromatic heterocycles. The number of hydrogen-bond donors (Lipinski definition) is 0. The Morgan fingerprint density at radius 1 is 0.918 bits per heavy atom. The lowest BCUT2D eigenvalue weighted by molar-refractivity contribution is -0.384. The number of hydrogen-bond acceptors (Lipinski definition) is 9. The molecule has 0 unspecified atom stereocenters. The van der Waals surface area contributed by atoms with E-state index in [0.29, 0.717) is 34.4 Å². The highest BCUT2D eigenvalue weighted by Crippen LogP contribution is 2.49. The van der Waals surface area contributed by atoms with Gasteiger partial charge < -0.3 is 13.8 Å². The maximum absolute atomic E-state index is 14.0. The summed E-state index contributed by atoms with van der Waals surface area (Å²) in [6.07, 6.45) is 0.631. The number of esters is 1. The van der Waals surface area contributed by atoms with Gasteiger partial charge in [0.1, 0.15) is 6.61 Å². The van der Waals surface area contributed by atoms with Crippen molar-refractivity contribution >= 4 is 25.3 Å². The van der Waals surface area contributed by atoms with Crippen LogP contribution in [0.1, 0.15) is 59.2 Å². The molecule has 11 heteroatoms. The smallest absolute Gasteiger partial charge is 0.340 e. The molecule has 3 heterocycles. The first-order valence-corrected chi connectivity index (χ1v) is 18.0. The highest BCUT2D eigenvalue weighted by atomic mass is 31.2. The van der Waals surface area contributed by atoms with Crippen molar-refractivity contribution in [1.82, 2.24) is 14.8 Å². The van der Waals surface area contributed by atoms with E-state index in [2.05, 4.69) is 58.3 Å². The third kappa shape index (κ3) is 8.06. The zero-order valence-electron chi connectivity index (χ0n) is 28.5. The molecule has 3 aromatic carbocycles. The van der Waals surface area contributed by atoms with Crippen molar-refractivity contribution in [1.29, 1.82) is 0 Å². The summed E-state index contributed by atoms with van der Waals surface area (Å²) in [4.78, 5) is 34.8. The van der Waals surface area contributed by atoms with Crippen LogP contribution in [0, 0.1) is 24.0 Å². The summed E-state index contributed by atoms with van der Waals surface area (Å²) in [5.74, 6) is -0.521. The predicted molar refractivity (Wildman–Crippen MR) is 191 cm³/mol. The number of nitrogens with zero attached hydrogens (tertiary/aromatic N) is 4. The average Bonchev–Trinajstić information content (AvgIpc) is 3.09. The lowest BCUT2D eigenvalue weighted by atomic mass is 9.96. The number of carbonyl (C=O) groups excluding carboxylic acids is 1. The molecule has 2 atom stereocenters. The molecule has 0 N–H and O–H groups in total. The number of ether oxygens (including phenoxy) is 1. The van der Waals surface area contributed by atoms with E-state index in [-0.39, 0.29) is 36.1 Å². The van der Waals surface area contributed by atoms with Crippen LogP contribution >= 0.6 is 8.38 Å². The fourth-order valence-electron chi connectivity index (χ4n) is 6.85. The molecule has 2 fully saturated rings. The molecule has 0 amide bonds. The van der Waals surface area contributed by atoms with E-state index in [1.54, 1.807) is 19.1 Å². The van der Waals surface area contributed by atoms with Crippen molar-refractivity contribution in [3.05, 3.63) is 123 Å². The molecule has 0 saturated carbocycles. The minimum Gasteiger partial charge on any atom is -0.461 e. The maximum atomic E-state index is 14.0. The Bertz CT molecular complexity index is 1720. The first-order chi connectivity index (χ1) is 23.7. The minimum absolute atomic E-state index is 0.0555. The van der Waals surface area contributed by atoms with Crippen molar-refractivity contribution in [2.75, 3.05) is 39.3 Å². The molecular formula is C38H43N4O6P. The number of aryl methyl sites for hydroxylation is 2.